The Morgan fingerprint density at radius 1 is 1.42 bits per heavy atom. The molecule has 1 fully saturated rings. The van der Waals surface area contributed by atoms with Crippen molar-refractivity contribution < 1.29 is 23.1 Å². The van der Waals surface area contributed by atoms with E-state index >= 15 is 0 Å². The topological polar surface area (TPSA) is 113 Å². The second-order valence-electron chi connectivity index (χ2n) is 5.18. The summed E-state index contributed by atoms with van der Waals surface area (Å²) in [6, 6.07) is -1.59. The maximum Gasteiger partial charge on any atom is 0.326 e. The molecule has 0 radical (unpaired) electrons. The summed E-state index contributed by atoms with van der Waals surface area (Å²) in [5.74, 6) is -1.17. The average Bonchev–Trinajstić information content (AvgIpc) is 2.51. The molecule has 2 amide bonds. The Hall–Kier alpha value is -1.31. The molecule has 8 heteroatoms. The van der Waals surface area contributed by atoms with Crippen LogP contribution in [0.25, 0.3) is 0 Å². The molecule has 7 nitrogen and oxygen atoms in total. The Labute approximate surface area is 112 Å². The quantitative estimate of drug-likeness (QED) is 0.666. The zero-order valence-corrected chi connectivity index (χ0v) is 11.9. The fourth-order valence-electron chi connectivity index (χ4n) is 2.12. The summed E-state index contributed by atoms with van der Waals surface area (Å²) in [6.45, 7) is 3.47. The van der Waals surface area contributed by atoms with Crippen LogP contribution in [0.4, 0.5) is 4.79 Å². The van der Waals surface area contributed by atoms with Crippen molar-refractivity contribution in [3.05, 3.63) is 0 Å². The van der Waals surface area contributed by atoms with Gasteiger partial charge in [-0.05, 0) is 19.8 Å². The molecule has 0 aromatic heterocycles. The van der Waals surface area contributed by atoms with Crippen molar-refractivity contribution in [2.24, 2.45) is 0 Å². The van der Waals surface area contributed by atoms with Gasteiger partial charge < -0.3 is 15.7 Å². The molecular weight excluding hydrogens is 272 g/mol. The summed E-state index contributed by atoms with van der Waals surface area (Å²) < 4.78 is 22.8. The van der Waals surface area contributed by atoms with Crippen molar-refractivity contribution >= 4 is 21.8 Å². The molecule has 1 rings (SSSR count). The van der Waals surface area contributed by atoms with Crippen molar-refractivity contribution in [2.45, 2.75) is 44.7 Å². The van der Waals surface area contributed by atoms with E-state index < -0.39 is 33.4 Å². The number of aliphatic carboxylic acids is 1. The number of amides is 2. The Morgan fingerprint density at radius 2 is 2.05 bits per heavy atom. The van der Waals surface area contributed by atoms with Gasteiger partial charge in [0.25, 0.3) is 0 Å². The highest BCUT2D eigenvalue weighted by Gasteiger charge is 2.39. The van der Waals surface area contributed by atoms with Crippen molar-refractivity contribution in [3.63, 3.8) is 0 Å². The van der Waals surface area contributed by atoms with Crippen molar-refractivity contribution in [1.82, 2.24) is 10.6 Å². The molecular formula is C11H20N2O5S. The maximum absolute atomic E-state index is 11.7. The fraction of sp³-hybridized carbons (Fsp3) is 0.818. The molecule has 0 spiro atoms. The highest BCUT2D eigenvalue weighted by Crippen LogP contribution is 2.22. The van der Waals surface area contributed by atoms with E-state index in [1.165, 1.54) is 0 Å². The molecule has 1 saturated heterocycles. The number of carboxylic acids is 1. The smallest absolute Gasteiger partial charge is 0.326 e. The normalized spacial score (nSPS) is 26.6. The summed E-state index contributed by atoms with van der Waals surface area (Å²) in [4.78, 5) is 22.6. The predicted molar refractivity (Wildman–Crippen MR) is 69.7 cm³/mol. The fourth-order valence-corrected chi connectivity index (χ4v) is 4.22. The lowest BCUT2D eigenvalue weighted by Gasteiger charge is -2.25. The van der Waals surface area contributed by atoms with Gasteiger partial charge in [0.05, 0.1) is 17.0 Å². The molecule has 0 bridgehead atoms. The number of hydrogen-bond donors (Lipinski definition) is 3. The third kappa shape index (κ3) is 4.70. The van der Waals surface area contributed by atoms with Gasteiger partial charge in [0.15, 0.2) is 9.84 Å². The first kappa shape index (κ1) is 15.7. The minimum Gasteiger partial charge on any atom is -0.480 e. The summed E-state index contributed by atoms with van der Waals surface area (Å²) in [5.41, 5.74) is -0.821. The molecule has 1 aliphatic heterocycles. The van der Waals surface area contributed by atoms with Gasteiger partial charge in [-0.2, -0.15) is 0 Å². The van der Waals surface area contributed by atoms with Crippen LogP contribution in [-0.4, -0.2) is 48.6 Å². The largest absolute Gasteiger partial charge is 0.480 e. The monoisotopic (exact) mass is 292 g/mol. The van der Waals surface area contributed by atoms with Crippen LogP contribution in [0.15, 0.2) is 0 Å². The molecule has 1 heterocycles. The van der Waals surface area contributed by atoms with Crippen LogP contribution in [0.2, 0.25) is 0 Å². The zero-order chi connectivity index (χ0) is 14.7. The third-order valence-corrected chi connectivity index (χ3v) is 5.00. The van der Waals surface area contributed by atoms with Crippen LogP contribution in [0.5, 0.6) is 0 Å². The van der Waals surface area contributed by atoms with E-state index in [2.05, 4.69) is 10.6 Å². The molecule has 0 aliphatic carbocycles. The van der Waals surface area contributed by atoms with E-state index in [0.717, 1.165) is 0 Å². The van der Waals surface area contributed by atoms with Gasteiger partial charge in [-0.15, -0.1) is 0 Å². The molecule has 3 N–H and O–H groups in total. The van der Waals surface area contributed by atoms with Crippen LogP contribution in [-0.2, 0) is 14.6 Å². The number of hydrogen-bond acceptors (Lipinski definition) is 4. The highest BCUT2D eigenvalue weighted by molar-refractivity contribution is 7.91. The van der Waals surface area contributed by atoms with Crippen molar-refractivity contribution in [1.29, 1.82) is 0 Å². The Bertz CT molecular complexity index is 462. The number of urea groups is 1. The Kier molecular flexibility index (Phi) is 4.78. The SMILES string of the molecule is CCC[C@@H](NC(=O)NC1(C)CCS(=O)(=O)C1)C(=O)O. The molecule has 0 saturated carbocycles. The third-order valence-electron chi connectivity index (χ3n) is 3.10. The minimum absolute atomic E-state index is 0.0428. The predicted octanol–water partition coefficient (Wildman–Crippen LogP) is 0.116. The van der Waals surface area contributed by atoms with E-state index in [0.29, 0.717) is 19.3 Å². The standard InChI is InChI=1S/C11H20N2O5S/c1-3-4-8(9(14)15)12-10(16)13-11(2)5-6-19(17,18)7-11/h8H,3-7H2,1-2H3,(H,14,15)(H2,12,13,16)/t8-,11?/m1/s1. The van der Waals surface area contributed by atoms with Crippen LogP contribution in [0.1, 0.15) is 33.1 Å². The molecule has 0 aromatic carbocycles. The molecule has 1 unspecified atom stereocenters. The number of carbonyl (C=O) groups is 2. The van der Waals surface area contributed by atoms with Crippen LogP contribution in [0, 0.1) is 0 Å². The number of rotatable bonds is 5. The lowest BCUT2D eigenvalue weighted by molar-refractivity contribution is -0.139. The first-order valence-corrected chi connectivity index (χ1v) is 8.01. The lowest BCUT2D eigenvalue weighted by atomic mass is 10.0. The minimum atomic E-state index is -3.11. The van der Waals surface area contributed by atoms with Crippen LogP contribution < -0.4 is 10.6 Å². The van der Waals surface area contributed by atoms with E-state index in [1.807, 2.05) is 6.92 Å². The van der Waals surface area contributed by atoms with Gasteiger partial charge in [0.2, 0.25) is 0 Å². The molecule has 0 aromatic rings. The Balaban J connectivity index is 2.58. The molecule has 2 atom stereocenters. The van der Waals surface area contributed by atoms with Gasteiger partial charge >= 0.3 is 12.0 Å². The second kappa shape index (κ2) is 5.77. The first-order chi connectivity index (χ1) is 8.67. The van der Waals surface area contributed by atoms with Gasteiger partial charge in [-0.25, -0.2) is 18.0 Å². The zero-order valence-electron chi connectivity index (χ0n) is 11.1. The van der Waals surface area contributed by atoms with Crippen molar-refractivity contribution in [3.8, 4) is 0 Å². The van der Waals surface area contributed by atoms with Crippen molar-refractivity contribution in [2.75, 3.05) is 11.5 Å². The maximum atomic E-state index is 11.7. The van der Waals surface area contributed by atoms with Gasteiger partial charge in [-0.3, -0.25) is 0 Å². The van der Waals surface area contributed by atoms with E-state index in [4.69, 9.17) is 5.11 Å². The van der Waals surface area contributed by atoms with Gasteiger partial charge in [0, 0.05) is 0 Å². The molecule has 110 valence electrons. The van der Waals surface area contributed by atoms with Gasteiger partial charge in [0.1, 0.15) is 6.04 Å². The van der Waals surface area contributed by atoms with Crippen LogP contribution >= 0.6 is 0 Å². The number of nitrogens with one attached hydrogen (secondary N) is 2. The van der Waals surface area contributed by atoms with E-state index in [9.17, 15) is 18.0 Å². The van der Waals surface area contributed by atoms with Gasteiger partial charge in [-0.1, -0.05) is 13.3 Å². The number of carboxylic acid groups (broad SMARTS) is 1. The van der Waals surface area contributed by atoms with Crippen LogP contribution in [0.3, 0.4) is 0 Å². The highest BCUT2D eigenvalue weighted by atomic mass is 32.2. The summed E-state index contributed by atoms with van der Waals surface area (Å²) in [7, 11) is -3.11. The lowest BCUT2D eigenvalue weighted by Crippen LogP contribution is -2.54. The summed E-state index contributed by atoms with van der Waals surface area (Å²) >= 11 is 0. The number of sulfone groups is 1. The Morgan fingerprint density at radius 3 is 2.47 bits per heavy atom. The summed E-state index contributed by atoms with van der Waals surface area (Å²) in [5, 5.41) is 13.8. The average molecular weight is 292 g/mol. The van der Waals surface area contributed by atoms with E-state index in [-0.39, 0.29) is 11.5 Å². The summed E-state index contributed by atoms with van der Waals surface area (Å²) in [6.07, 6.45) is 1.30. The molecule has 19 heavy (non-hydrogen) atoms. The second-order valence-corrected chi connectivity index (χ2v) is 7.36. The number of carbonyl (C=O) groups excluding carboxylic acids is 1. The first-order valence-electron chi connectivity index (χ1n) is 6.19. The van der Waals surface area contributed by atoms with E-state index in [1.54, 1.807) is 6.92 Å². The molecule has 1 aliphatic rings.